The summed E-state index contributed by atoms with van der Waals surface area (Å²) in [6.45, 7) is 0.508. The molecule has 0 aliphatic carbocycles. The third-order valence-corrected chi connectivity index (χ3v) is 2.41. The van der Waals surface area contributed by atoms with Crippen LogP contribution < -0.4 is 0 Å². The molecule has 100 valence electrons. The van der Waals surface area contributed by atoms with Crippen molar-refractivity contribution in [3.8, 4) is 0 Å². The highest BCUT2D eigenvalue weighted by atomic mass is 16.5. The van der Waals surface area contributed by atoms with Crippen molar-refractivity contribution in [1.82, 2.24) is 25.0 Å². The van der Waals surface area contributed by atoms with Crippen molar-refractivity contribution < 1.29 is 14.3 Å². The average molecular weight is 263 g/mol. The van der Waals surface area contributed by atoms with E-state index in [-0.39, 0.29) is 12.3 Å². The van der Waals surface area contributed by atoms with Gasteiger partial charge in [0.1, 0.15) is 12.4 Å². The lowest BCUT2D eigenvalue weighted by Gasteiger charge is -2.05. The van der Waals surface area contributed by atoms with E-state index in [1.54, 1.807) is 18.5 Å². The molecule has 2 rings (SSSR count). The summed E-state index contributed by atoms with van der Waals surface area (Å²) in [5, 5.41) is 7.71. The van der Waals surface area contributed by atoms with Gasteiger partial charge >= 0.3 is 5.97 Å². The summed E-state index contributed by atoms with van der Waals surface area (Å²) in [4.78, 5) is 19.7. The van der Waals surface area contributed by atoms with Gasteiger partial charge in [-0.1, -0.05) is 5.21 Å². The second kappa shape index (κ2) is 6.01. The topological polar surface area (TPSA) is 92.0 Å². The van der Waals surface area contributed by atoms with Gasteiger partial charge in [-0.25, -0.2) is 19.4 Å². The van der Waals surface area contributed by atoms with E-state index >= 15 is 0 Å². The quantitative estimate of drug-likeness (QED) is 0.703. The molecule has 2 aromatic rings. The van der Waals surface area contributed by atoms with Crippen LogP contribution in [0.5, 0.6) is 0 Å². The van der Waals surface area contributed by atoms with Gasteiger partial charge in [-0.15, -0.1) is 5.10 Å². The predicted octanol–water partition coefficient (Wildman–Crippen LogP) is 0.0494. The fourth-order valence-electron chi connectivity index (χ4n) is 1.54. The van der Waals surface area contributed by atoms with Crippen molar-refractivity contribution in [2.75, 3.05) is 14.2 Å². The van der Waals surface area contributed by atoms with Crippen molar-refractivity contribution in [1.29, 1.82) is 0 Å². The zero-order valence-corrected chi connectivity index (χ0v) is 10.6. The lowest BCUT2D eigenvalue weighted by Crippen LogP contribution is -2.12. The predicted molar refractivity (Wildman–Crippen MR) is 63.2 cm³/mol. The third-order valence-electron chi connectivity index (χ3n) is 2.41. The molecule has 0 atom stereocenters. The number of carbonyl (C=O) groups is 1. The van der Waals surface area contributed by atoms with Crippen molar-refractivity contribution in [2.24, 2.45) is 0 Å². The van der Waals surface area contributed by atoms with Gasteiger partial charge in [-0.2, -0.15) is 0 Å². The lowest BCUT2D eigenvalue weighted by atomic mass is 10.3. The summed E-state index contributed by atoms with van der Waals surface area (Å²) in [5.41, 5.74) is 0.669. The number of esters is 1. The molecule has 19 heavy (non-hydrogen) atoms. The molecule has 8 heteroatoms. The molecule has 0 saturated heterocycles. The van der Waals surface area contributed by atoms with E-state index in [2.05, 4.69) is 25.0 Å². The lowest BCUT2D eigenvalue weighted by molar-refractivity contribution is 0.0588. The fraction of sp³-hybridized carbons (Fsp3) is 0.364. The minimum absolute atomic E-state index is 0.139. The summed E-state index contributed by atoms with van der Waals surface area (Å²) in [7, 11) is 2.82. The number of rotatable bonds is 5. The molecule has 0 aliphatic rings. The Morgan fingerprint density at radius 2 is 2.05 bits per heavy atom. The normalized spacial score (nSPS) is 10.4. The maximum absolute atomic E-state index is 11.5. The molecule has 0 unspecified atom stereocenters. The van der Waals surface area contributed by atoms with E-state index in [0.717, 1.165) is 0 Å². The highest BCUT2D eigenvalue weighted by Crippen LogP contribution is 2.09. The molecule has 2 heterocycles. The number of methoxy groups -OCH3 is 2. The van der Waals surface area contributed by atoms with E-state index in [9.17, 15) is 4.79 Å². The van der Waals surface area contributed by atoms with E-state index < -0.39 is 5.97 Å². The van der Waals surface area contributed by atoms with Gasteiger partial charge in [0.05, 0.1) is 19.4 Å². The van der Waals surface area contributed by atoms with Crippen LogP contribution in [0.4, 0.5) is 0 Å². The van der Waals surface area contributed by atoms with Gasteiger partial charge in [0.15, 0.2) is 5.69 Å². The SMILES string of the molecule is COCc1c(C(=O)OC)nnn1Cc1ncccn1. The van der Waals surface area contributed by atoms with E-state index in [1.807, 2.05) is 0 Å². The van der Waals surface area contributed by atoms with Crippen LogP contribution in [0.2, 0.25) is 0 Å². The Morgan fingerprint density at radius 1 is 1.32 bits per heavy atom. The molecular weight excluding hydrogens is 250 g/mol. The maximum atomic E-state index is 11.5. The first kappa shape index (κ1) is 13.1. The van der Waals surface area contributed by atoms with Crippen LogP contribution in [-0.2, 0) is 22.6 Å². The highest BCUT2D eigenvalue weighted by Gasteiger charge is 2.20. The molecule has 0 spiro atoms. The first-order valence-electron chi connectivity index (χ1n) is 5.51. The Morgan fingerprint density at radius 3 is 2.68 bits per heavy atom. The summed E-state index contributed by atoms with van der Waals surface area (Å²) < 4.78 is 11.2. The van der Waals surface area contributed by atoms with E-state index in [4.69, 9.17) is 4.74 Å². The fourth-order valence-corrected chi connectivity index (χ4v) is 1.54. The van der Waals surface area contributed by atoms with Crippen molar-refractivity contribution in [2.45, 2.75) is 13.2 Å². The highest BCUT2D eigenvalue weighted by molar-refractivity contribution is 5.88. The average Bonchev–Trinajstić information content (AvgIpc) is 2.83. The number of ether oxygens (including phenoxy) is 2. The van der Waals surface area contributed by atoms with Gasteiger partial charge in [0, 0.05) is 19.5 Å². The molecule has 0 amide bonds. The van der Waals surface area contributed by atoms with Crippen LogP contribution in [0.3, 0.4) is 0 Å². The molecule has 0 fully saturated rings. The van der Waals surface area contributed by atoms with Gasteiger partial charge in [-0.3, -0.25) is 0 Å². The molecule has 0 radical (unpaired) electrons. The van der Waals surface area contributed by atoms with Crippen molar-refractivity contribution >= 4 is 5.97 Å². The molecule has 2 aromatic heterocycles. The molecule has 0 N–H and O–H groups in total. The number of hydrogen-bond donors (Lipinski definition) is 0. The zero-order chi connectivity index (χ0) is 13.7. The standard InChI is InChI=1S/C11H13N5O3/c1-18-7-8-10(11(17)19-2)14-15-16(8)6-9-12-4-3-5-13-9/h3-5H,6-7H2,1-2H3. The first-order valence-corrected chi connectivity index (χ1v) is 5.51. The summed E-state index contributed by atoms with van der Waals surface area (Å²) in [6.07, 6.45) is 3.27. The van der Waals surface area contributed by atoms with Crippen LogP contribution in [0.1, 0.15) is 22.0 Å². The Hall–Kier alpha value is -2.35. The Balaban J connectivity index is 2.30. The van der Waals surface area contributed by atoms with Crippen LogP contribution in [0, 0.1) is 0 Å². The minimum Gasteiger partial charge on any atom is -0.464 e. The Labute approximate surface area is 109 Å². The smallest absolute Gasteiger partial charge is 0.360 e. The second-order valence-corrected chi connectivity index (χ2v) is 3.63. The van der Waals surface area contributed by atoms with Gasteiger partial charge in [0.2, 0.25) is 0 Å². The van der Waals surface area contributed by atoms with E-state index in [1.165, 1.54) is 18.9 Å². The van der Waals surface area contributed by atoms with E-state index in [0.29, 0.717) is 18.1 Å². The largest absolute Gasteiger partial charge is 0.464 e. The Kier molecular flexibility index (Phi) is 4.14. The molecular formula is C11H13N5O3. The maximum Gasteiger partial charge on any atom is 0.360 e. The minimum atomic E-state index is -0.549. The molecule has 0 aromatic carbocycles. The van der Waals surface area contributed by atoms with Gasteiger partial charge < -0.3 is 9.47 Å². The zero-order valence-electron chi connectivity index (χ0n) is 10.6. The molecule has 0 saturated carbocycles. The summed E-state index contributed by atoms with van der Waals surface area (Å²) in [6, 6.07) is 1.72. The van der Waals surface area contributed by atoms with Crippen LogP contribution >= 0.6 is 0 Å². The van der Waals surface area contributed by atoms with Crippen molar-refractivity contribution in [3.63, 3.8) is 0 Å². The molecule has 0 bridgehead atoms. The van der Waals surface area contributed by atoms with Crippen LogP contribution in [-0.4, -0.2) is 45.2 Å². The van der Waals surface area contributed by atoms with Crippen LogP contribution in [0.25, 0.3) is 0 Å². The first-order chi connectivity index (χ1) is 9.26. The number of aromatic nitrogens is 5. The Bertz CT molecular complexity index is 555. The number of hydrogen-bond acceptors (Lipinski definition) is 7. The second-order valence-electron chi connectivity index (χ2n) is 3.63. The number of nitrogens with zero attached hydrogens (tertiary/aromatic N) is 5. The molecule has 0 aliphatic heterocycles. The molecule has 8 nitrogen and oxygen atoms in total. The van der Waals surface area contributed by atoms with Gasteiger partial charge in [0.25, 0.3) is 0 Å². The third kappa shape index (κ3) is 2.91. The van der Waals surface area contributed by atoms with Crippen LogP contribution in [0.15, 0.2) is 18.5 Å². The monoisotopic (exact) mass is 263 g/mol. The number of carbonyl (C=O) groups excluding carboxylic acids is 1. The summed E-state index contributed by atoms with van der Waals surface area (Å²) in [5.74, 6) is 0.0217. The summed E-state index contributed by atoms with van der Waals surface area (Å²) >= 11 is 0. The van der Waals surface area contributed by atoms with Gasteiger partial charge in [-0.05, 0) is 6.07 Å². The van der Waals surface area contributed by atoms with Crippen molar-refractivity contribution in [3.05, 3.63) is 35.7 Å².